The lowest BCUT2D eigenvalue weighted by molar-refractivity contribution is -0.134. The van der Waals surface area contributed by atoms with E-state index in [1.54, 1.807) is 6.21 Å². The fourth-order valence-electron chi connectivity index (χ4n) is 2.60. The van der Waals surface area contributed by atoms with E-state index in [4.69, 9.17) is 4.74 Å². The summed E-state index contributed by atoms with van der Waals surface area (Å²) >= 11 is 1.52. The molecule has 132 valence electrons. The summed E-state index contributed by atoms with van der Waals surface area (Å²) in [6.07, 6.45) is 5.12. The lowest BCUT2D eigenvalue weighted by Crippen LogP contribution is -2.38. The number of likely N-dealkylation sites (tertiary alicyclic amines) is 1. The van der Waals surface area contributed by atoms with Gasteiger partial charge in [0.2, 0.25) is 5.13 Å². The zero-order valence-corrected chi connectivity index (χ0v) is 15.1. The minimum absolute atomic E-state index is 0.0632. The highest BCUT2D eigenvalue weighted by atomic mass is 32.1. The third-order valence-electron chi connectivity index (χ3n) is 3.94. The molecule has 1 aliphatic rings. The Bertz CT molecular complexity index is 721. The molecule has 0 spiro atoms. The van der Waals surface area contributed by atoms with Gasteiger partial charge in [-0.25, -0.2) is 4.98 Å². The average molecular weight is 358 g/mol. The van der Waals surface area contributed by atoms with Crippen molar-refractivity contribution >= 4 is 28.6 Å². The van der Waals surface area contributed by atoms with Crippen LogP contribution in [0.5, 0.6) is 5.75 Å². The van der Waals surface area contributed by atoms with Crippen molar-refractivity contribution in [1.29, 1.82) is 0 Å². The summed E-state index contributed by atoms with van der Waals surface area (Å²) in [5, 5.41) is 6.90. The van der Waals surface area contributed by atoms with Crippen molar-refractivity contribution in [1.82, 2.24) is 9.88 Å². The topological polar surface area (TPSA) is 66.8 Å². The van der Waals surface area contributed by atoms with Crippen LogP contribution in [0.1, 0.15) is 30.5 Å². The lowest BCUT2D eigenvalue weighted by Gasteiger charge is -2.26. The maximum absolute atomic E-state index is 12.1. The predicted octanol–water partition coefficient (Wildman–Crippen LogP) is 3.29. The van der Waals surface area contributed by atoms with Crippen molar-refractivity contribution in [2.45, 2.75) is 26.2 Å². The average Bonchev–Trinajstić information content (AvgIpc) is 3.07. The van der Waals surface area contributed by atoms with Crippen LogP contribution in [-0.2, 0) is 4.79 Å². The normalized spacial score (nSPS) is 14.7. The molecule has 1 fully saturated rings. The molecule has 0 saturated carbocycles. The Morgan fingerprint density at radius 3 is 2.76 bits per heavy atom. The largest absolute Gasteiger partial charge is 0.484 e. The van der Waals surface area contributed by atoms with Gasteiger partial charge in [-0.05, 0) is 56.0 Å². The molecule has 3 rings (SSSR count). The van der Waals surface area contributed by atoms with Crippen LogP contribution in [0.3, 0.4) is 0 Å². The number of aromatic nitrogens is 1. The molecular formula is C18H22N4O2S. The second kappa shape index (κ2) is 8.62. The highest BCUT2D eigenvalue weighted by molar-refractivity contribution is 7.13. The number of nitrogens with one attached hydrogen (secondary N) is 1. The van der Waals surface area contributed by atoms with Gasteiger partial charge in [0, 0.05) is 18.5 Å². The highest BCUT2D eigenvalue weighted by Crippen LogP contribution is 2.15. The number of rotatable bonds is 6. The minimum Gasteiger partial charge on any atom is -0.484 e. The smallest absolute Gasteiger partial charge is 0.260 e. The van der Waals surface area contributed by atoms with E-state index in [0.29, 0.717) is 5.75 Å². The van der Waals surface area contributed by atoms with E-state index < -0.39 is 0 Å². The maximum Gasteiger partial charge on any atom is 0.260 e. The number of hydrogen-bond acceptors (Lipinski definition) is 6. The third-order valence-corrected chi connectivity index (χ3v) is 4.81. The Morgan fingerprint density at radius 1 is 1.32 bits per heavy atom. The van der Waals surface area contributed by atoms with Gasteiger partial charge in [0.05, 0.1) is 11.9 Å². The van der Waals surface area contributed by atoms with Crippen LogP contribution < -0.4 is 10.2 Å². The summed E-state index contributed by atoms with van der Waals surface area (Å²) in [4.78, 5) is 18.2. The molecule has 1 saturated heterocycles. The first-order chi connectivity index (χ1) is 12.2. The number of hydrogen-bond donors (Lipinski definition) is 1. The maximum atomic E-state index is 12.1. The molecule has 0 radical (unpaired) electrons. The number of carbonyl (C=O) groups is 1. The fraction of sp³-hybridized carbons (Fsp3) is 0.389. The fourth-order valence-corrected chi connectivity index (χ4v) is 3.23. The van der Waals surface area contributed by atoms with Gasteiger partial charge < -0.3 is 9.64 Å². The van der Waals surface area contributed by atoms with E-state index in [0.717, 1.165) is 42.3 Å². The molecule has 2 heterocycles. The SMILES string of the molecule is Cc1csc(NN=Cc2ccc(OCC(=O)N3CCCCC3)cc2)n1. The molecule has 7 heteroatoms. The Balaban J connectivity index is 1.45. The summed E-state index contributed by atoms with van der Waals surface area (Å²) in [6, 6.07) is 7.49. The number of thiazole rings is 1. The minimum atomic E-state index is 0.0632. The summed E-state index contributed by atoms with van der Waals surface area (Å²) < 4.78 is 5.59. The summed E-state index contributed by atoms with van der Waals surface area (Å²) in [5.41, 5.74) is 4.82. The molecule has 0 bridgehead atoms. The number of piperidine rings is 1. The van der Waals surface area contributed by atoms with E-state index in [9.17, 15) is 4.79 Å². The Kier molecular flexibility index (Phi) is 6.00. The molecule has 1 N–H and O–H groups in total. The van der Waals surface area contributed by atoms with Crippen LogP contribution in [0.15, 0.2) is 34.7 Å². The summed E-state index contributed by atoms with van der Waals surface area (Å²) in [5.74, 6) is 0.749. The highest BCUT2D eigenvalue weighted by Gasteiger charge is 2.16. The van der Waals surface area contributed by atoms with Crippen LogP contribution in [-0.4, -0.2) is 41.7 Å². The molecule has 0 unspecified atom stereocenters. The Labute approximate surface area is 151 Å². The number of hydrazone groups is 1. The van der Waals surface area contributed by atoms with Crippen molar-refractivity contribution < 1.29 is 9.53 Å². The van der Waals surface area contributed by atoms with Crippen LogP contribution in [0, 0.1) is 6.92 Å². The monoisotopic (exact) mass is 358 g/mol. The zero-order valence-electron chi connectivity index (χ0n) is 14.3. The molecule has 1 amide bonds. The van der Waals surface area contributed by atoms with Crippen LogP contribution in [0.4, 0.5) is 5.13 Å². The molecule has 1 aromatic carbocycles. The molecule has 25 heavy (non-hydrogen) atoms. The lowest BCUT2D eigenvalue weighted by atomic mass is 10.1. The van der Waals surface area contributed by atoms with Crippen molar-refractivity contribution in [3.05, 3.63) is 40.9 Å². The number of aryl methyl sites for hydroxylation is 1. The summed E-state index contributed by atoms with van der Waals surface area (Å²) in [6.45, 7) is 3.74. The molecule has 0 aliphatic carbocycles. The second-order valence-electron chi connectivity index (χ2n) is 5.96. The van der Waals surface area contributed by atoms with Gasteiger partial charge in [0.25, 0.3) is 5.91 Å². The number of anilines is 1. The quantitative estimate of drug-likeness (QED) is 0.636. The number of amides is 1. The number of ether oxygens (including phenoxy) is 1. The summed E-state index contributed by atoms with van der Waals surface area (Å²) in [7, 11) is 0. The molecule has 0 atom stereocenters. The molecule has 1 aliphatic heterocycles. The Morgan fingerprint density at radius 2 is 2.08 bits per heavy atom. The van der Waals surface area contributed by atoms with E-state index in [2.05, 4.69) is 15.5 Å². The van der Waals surface area contributed by atoms with Crippen LogP contribution in [0.25, 0.3) is 0 Å². The standard InChI is InChI=1S/C18H22N4O2S/c1-14-13-25-18(20-14)21-19-11-15-5-7-16(8-6-15)24-12-17(23)22-9-3-2-4-10-22/h5-8,11,13H,2-4,9-10,12H2,1H3,(H,20,21). The van der Waals surface area contributed by atoms with Crippen LogP contribution >= 0.6 is 11.3 Å². The van der Waals surface area contributed by atoms with Gasteiger partial charge in [-0.1, -0.05) is 0 Å². The number of benzene rings is 1. The first-order valence-electron chi connectivity index (χ1n) is 8.42. The molecule has 2 aromatic rings. The Hall–Kier alpha value is -2.41. The van der Waals surface area contributed by atoms with Crippen molar-refractivity contribution in [2.75, 3.05) is 25.1 Å². The molecular weight excluding hydrogens is 336 g/mol. The number of carbonyl (C=O) groups excluding carboxylic acids is 1. The molecule has 1 aromatic heterocycles. The first kappa shape index (κ1) is 17.4. The van der Waals surface area contributed by atoms with E-state index in [1.165, 1.54) is 17.8 Å². The zero-order chi connectivity index (χ0) is 17.5. The van der Waals surface area contributed by atoms with Crippen molar-refractivity contribution in [3.63, 3.8) is 0 Å². The van der Waals surface area contributed by atoms with Gasteiger partial charge in [-0.2, -0.15) is 5.10 Å². The second-order valence-corrected chi connectivity index (χ2v) is 6.82. The van der Waals surface area contributed by atoms with Crippen molar-refractivity contribution in [2.24, 2.45) is 5.10 Å². The number of nitrogens with zero attached hydrogens (tertiary/aromatic N) is 3. The van der Waals surface area contributed by atoms with E-state index >= 15 is 0 Å². The molecule has 6 nitrogen and oxygen atoms in total. The van der Waals surface area contributed by atoms with Gasteiger partial charge in [0.15, 0.2) is 6.61 Å². The van der Waals surface area contributed by atoms with Gasteiger partial charge in [-0.3, -0.25) is 10.2 Å². The van der Waals surface area contributed by atoms with E-state index in [1.807, 2.05) is 41.5 Å². The van der Waals surface area contributed by atoms with Crippen molar-refractivity contribution in [3.8, 4) is 5.75 Å². The van der Waals surface area contributed by atoms with Gasteiger partial charge >= 0.3 is 0 Å². The van der Waals surface area contributed by atoms with Gasteiger partial charge in [-0.15, -0.1) is 11.3 Å². The first-order valence-corrected chi connectivity index (χ1v) is 9.30. The third kappa shape index (κ3) is 5.29. The van der Waals surface area contributed by atoms with Gasteiger partial charge in [0.1, 0.15) is 5.75 Å². The predicted molar refractivity (Wildman–Crippen MR) is 100 cm³/mol. The van der Waals surface area contributed by atoms with Crippen LogP contribution in [0.2, 0.25) is 0 Å². The van der Waals surface area contributed by atoms with E-state index in [-0.39, 0.29) is 12.5 Å².